The number of nitrogens with one attached hydrogen (secondary N) is 2. The predicted molar refractivity (Wildman–Crippen MR) is 90.4 cm³/mol. The zero-order chi connectivity index (χ0) is 19.7. The van der Waals surface area contributed by atoms with Crippen LogP contribution in [0.15, 0.2) is 24.3 Å². The number of benzene rings is 1. The van der Waals surface area contributed by atoms with E-state index in [1.54, 1.807) is 19.9 Å². The third kappa shape index (κ3) is 7.65. The van der Waals surface area contributed by atoms with Crippen LogP contribution in [-0.2, 0) is 20.8 Å². The van der Waals surface area contributed by atoms with Gasteiger partial charge in [0.05, 0.1) is 11.5 Å². The lowest BCUT2D eigenvalue weighted by Gasteiger charge is -2.13. The minimum absolute atomic E-state index is 0.00756. The van der Waals surface area contributed by atoms with E-state index in [0.29, 0.717) is 5.56 Å². The summed E-state index contributed by atoms with van der Waals surface area (Å²) in [4.78, 5) is 49.8. The Morgan fingerprint density at radius 2 is 1.85 bits per heavy atom. The van der Waals surface area contributed by atoms with E-state index < -0.39 is 29.9 Å². The summed E-state index contributed by atoms with van der Waals surface area (Å²) in [6.07, 6.45) is -0.884. The summed E-state index contributed by atoms with van der Waals surface area (Å²) in [7, 11) is 0. The summed E-state index contributed by atoms with van der Waals surface area (Å²) in [6, 6.07) is 5.82. The standard InChI is InChI=1S/C17H22N2O7/c1-10(2)18-17(25)26-19-14(20)7-6-13(16(23)24)9-11-4-3-5-12(8-11)15(21)22/h3-5,8,10,13H,6-7,9H2,1-2H3,(H,18,25)(H,19,20)(H,21,22)(H,23,24). The molecule has 1 aromatic rings. The molecule has 1 aromatic carbocycles. The van der Waals surface area contributed by atoms with Crippen LogP contribution in [0.5, 0.6) is 0 Å². The second kappa shape index (κ2) is 10.0. The van der Waals surface area contributed by atoms with Gasteiger partial charge in [0.25, 0.3) is 5.91 Å². The molecular weight excluding hydrogens is 344 g/mol. The Bertz CT molecular complexity index is 673. The monoisotopic (exact) mass is 366 g/mol. The maximum Gasteiger partial charge on any atom is 0.431 e. The minimum Gasteiger partial charge on any atom is -0.481 e. The van der Waals surface area contributed by atoms with Crippen molar-refractivity contribution in [2.75, 3.05) is 0 Å². The van der Waals surface area contributed by atoms with Crippen LogP contribution in [0, 0.1) is 5.92 Å². The highest BCUT2D eigenvalue weighted by Crippen LogP contribution is 2.16. The molecule has 26 heavy (non-hydrogen) atoms. The number of rotatable bonds is 8. The van der Waals surface area contributed by atoms with Gasteiger partial charge in [-0.15, -0.1) is 0 Å². The van der Waals surface area contributed by atoms with Gasteiger partial charge >= 0.3 is 18.0 Å². The molecule has 0 heterocycles. The summed E-state index contributed by atoms with van der Waals surface area (Å²) in [5, 5.41) is 20.7. The number of aliphatic carboxylic acids is 1. The van der Waals surface area contributed by atoms with E-state index in [1.165, 1.54) is 18.2 Å². The Labute approximate surface area is 150 Å². The molecule has 1 atom stereocenters. The average molecular weight is 366 g/mol. The van der Waals surface area contributed by atoms with E-state index in [9.17, 15) is 24.3 Å². The van der Waals surface area contributed by atoms with Crippen LogP contribution in [0.2, 0.25) is 0 Å². The fourth-order valence-corrected chi connectivity index (χ4v) is 2.15. The van der Waals surface area contributed by atoms with Gasteiger partial charge in [0, 0.05) is 12.5 Å². The molecule has 0 aliphatic heterocycles. The molecule has 0 radical (unpaired) electrons. The molecule has 0 bridgehead atoms. The number of amides is 2. The van der Waals surface area contributed by atoms with Crippen molar-refractivity contribution in [2.24, 2.45) is 5.92 Å². The van der Waals surface area contributed by atoms with Crippen LogP contribution in [0.4, 0.5) is 4.79 Å². The number of hydrogen-bond donors (Lipinski definition) is 4. The molecule has 0 saturated heterocycles. The van der Waals surface area contributed by atoms with Gasteiger partial charge in [-0.05, 0) is 44.4 Å². The molecule has 0 spiro atoms. The SMILES string of the molecule is CC(C)NC(=O)ONC(=O)CCC(Cc1cccc(C(=O)O)c1)C(=O)O. The molecule has 1 rings (SSSR count). The second-order valence-electron chi connectivity index (χ2n) is 6.00. The summed E-state index contributed by atoms with van der Waals surface area (Å²) in [5.74, 6) is -3.71. The number of carboxylic acid groups (broad SMARTS) is 2. The lowest BCUT2D eigenvalue weighted by molar-refractivity contribution is -0.142. The number of aromatic carboxylic acids is 1. The van der Waals surface area contributed by atoms with E-state index in [4.69, 9.17) is 5.11 Å². The number of carbonyl (C=O) groups excluding carboxylic acids is 2. The molecule has 0 aliphatic carbocycles. The Hall–Kier alpha value is -3.10. The van der Waals surface area contributed by atoms with Crippen molar-refractivity contribution in [3.05, 3.63) is 35.4 Å². The number of carboxylic acids is 2. The van der Waals surface area contributed by atoms with Crippen molar-refractivity contribution in [1.29, 1.82) is 0 Å². The van der Waals surface area contributed by atoms with Crippen molar-refractivity contribution in [3.63, 3.8) is 0 Å². The van der Waals surface area contributed by atoms with E-state index in [-0.39, 0.29) is 30.9 Å². The van der Waals surface area contributed by atoms with Crippen molar-refractivity contribution in [2.45, 2.75) is 39.2 Å². The van der Waals surface area contributed by atoms with Crippen molar-refractivity contribution < 1.29 is 34.2 Å². The highest BCUT2D eigenvalue weighted by Gasteiger charge is 2.20. The van der Waals surface area contributed by atoms with Gasteiger partial charge in [0.15, 0.2) is 0 Å². The van der Waals surface area contributed by atoms with E-state index in [2.05, 4.69) is 10.2 Å². The highest BCUT2D eigenvalue weighted by atomic mass is 16.7. The fraction of sp³-hybridized carbons (Fsp3) is 0.412. The molecule has 0 saturated carbocycles. The van der Waals surface area contributed by atoms with Gasteiger partial charge in [0.2, 0.25) is 0 Å². The van der Waals surface area contributed by atoms with Gasteiger partial charge in [-0.3, -0.25) is 9.59 Å². The molecule has 0 aliphatic rings. The summed E-state index contributed by atoms with van der Waals surface area (Å²) >= 11 is 0. The minimum atomic E-state index is -1.10. The van der Waals surface area contributed by atoms with Crippen molar-refractivity contribution in [3.8, 4) is 0 Å². The fourth-order valence-electron chi connectivity index (χ4n) is 2.15. The maximum atomic E-state index is 11.7. The Balaban J connectivity index is 2.54. The van der Waals surface area contributed by atoms with Gasteiger partial charge in [0.1, 0.15) is 0 Å². The van der Waals surface area contributed by atoms with Crippen LogP contribution >= 0.6 is 0 Å². The smallest absolute Gasteiger partial charge is 0.431 e. The second-order valence-corrected chi connectivity index (χ2v) is 6.00. The molecule has 1 unspecified atom stereocenters. The van der Waals surface area contributed by atoms with E-state index >= 15 is 0 Å². The van der Waals surface area contributed by atoms with E-state index in [0.717, 1.165) is 0 Å². The van der Waals surface area contributed by atoms with Crippen LogP contribution in [-0.4, -0.2) is 40.2 Å². The third-order valence-electron chi connectivity index (χ3n) is 3.39. The van der Waals surface area contributed by atoms with Gasteiger partial charge in [-0.25, -0.2) is 9.59 Å². The average Bonchev–Trinajstić information content (AvgIpc) is 2.56. The maximum absolute atomic E-state index is 11.7. The largest absolute Gasteiger partial charge is 0.481 e. The molecule has 9 heteroatoms. The van der Waals surface area contributed by atoms with Crippen LogP contribution in [0.25, 0.3) is 0 Å². The molecule has 9 nitrogen and oxygen atoms in total. The first kappa shape index (κ1) is 20.9. The van der Waals surface area contributed by atoms with Crippen LogP contribution < -0.4 is 10.8 Å². The zero-order valence-corrected chi connectivity index (χ0v) is 14.5. The zero-order valence-electron chi connectivity index (χ0n) is 14.5. The van der Waals surface area contributed by atoms with E-state index in [1.807, 2.05) is 5.48 Å². The molecule has 0 aromatic heterocycles. The normalized spacial score (nSPS) is 11.5. The molecule has 4 N–H and O–H groups in total. The van der Waals surface area contributed by atoms with Crippen molar-refractivity contribution in [1.82, 2.24) is 10.8 Å². The Morgan fingerprint density at radius 1 is 1.15 bits per heavy atom. The lowest BCUT2D eigenvalue weighted by atomic mass is 9.94. The number of hydroxylamine groups is 1. The van der Waals surface area contributed by atoms with Gasteiger partial charge in [-0.2, -0.15) is 5.48 Å². The molecule has 142 valence electrons. The first-order chi connectivity index (χ1) is 12.2. The first-order valence-electron chi connectivity index (χ1n) is 8.00. The number of hydrogen-bond acceptors (Lipinski definition) is 5. The topological polar surface area (TPSA) is 142 Å². The Morgan fingerprint density at radius 3 is 2.42 bits per heavy atom. The number of carbonyl (C=O) groups is 4. The molecule has 0 fully saturated rings. The van der Waals surface area contributed by atoms with Gasteiger partial charge in [-0.1, -0.05) is 12.1 Å². The summed E-state index contributed by atoms with van der Waals surface area (Å²) in [6.45, 7) is 3.44. The molecule has 2 amide bonds. The van der Waals surface area contributed by atoms with Crippen molar-refractivity contribution >= 4 is 23.9 Å². The van der Waals surface area contributed by atoms with Gasteiger partial charge < -0.3 is 20.4 Å². The Kier molecular flexibility index (Phi) is 8.07. The summed E-state index contributed by atoms with van der Waals surface area (Å²) < 4.78 is 0. The summed E-state index contributed by atoms with van der Waals surface area (Å²) in [5.41, 5.74) is 2.56. The molecular formula is C17H22N2O7. The first-order valence-corrected chi connectivity index (χ1v) is 8.00. The quantitative estimate of drug-likeness (QED) is 0.512. The third-order valence-corrected chi connectivity index (χ3v) is 3.39. The predicted octanol–water partition coefficient (Wildman–Crippen LogP) is 1.57. The highest BCUT2D eigenvalue weighted by molar-refractivity contribution is 5.87. The van der Waals surface area contributed by atoms with Crippen LogP contribution in [0.1, 0.15) is 42.6 Å². The van der Waals surface area contributed by atoms with Crippen LogP contribution in [0.3, 0.4) is 0 Å². The lowest BCUT2D eigenvalue weighted by Crippen LogP contribution is -2.37.